The molecule has 2 heterocycles. The largest absolute Gasteiger partial charge is 0.465 e. The second-order valence-electron chi connectivity index (χ2n) is 4.18. The highest BCUT2D eigenvalue weighted by molar-refractivity contribution is 5.96. The predicted molar refractivity (Wildman–Crippen MR) is 61.6 cm³/mol. The van der Waals surface area contributed by atoms with Crippen molar-refractivity contribution < 1.29 is 9.53 Å². The van der Waals surface area contributed by atoms with Crippen LogP contribution in [-0.2, 0) is 17.7 Å². The molecule has 1 aliphatic rings. The minimum absolute atomic E-state index is 0.253. The van der Waals surface area contributed by atoms with Crippen LogP contribution in [0.5, 0.6) is 0 Å². The third kappa shape index (κ3) is 1.24. The normalized spacial score (nSPS) is 14.1. The van der Waals surface area contributed by atoms with Crippen LogP contribution in [-0.4, -0.2) is 17.6 Å². The molecule has 0 bridgehead atoms. The number of methoxy groups -OCH3 is 1. The fourth-order valence-electron chi connectivity index (χ4n) is 2.49. The second kappa shape index (κ2) is 3.37. The molecule has 1 aromatic carbocycles. The number of benzene rings is 1. The van der Waals surface area contributed by atoms with Gasteiger partial charge in [0.2, 0.25) is 0 Å². The molecule has 1 aromatic heterocycles. The van der Waals surface area contributed by atoms with E-state index in [1.807, 2.05) is 12.1 Å². The summed E-state index contributed by atoms with van der Waals surface area (Å²) < 4.78 is 7.02. The summed E-state index contributed by atoms with van der Waals surface area (Å²) in [5.74, 6) is -0.253. The molecule has 16 heavy (non-hydrogen) atoms. The Morgan fingerprint density at radius 1 is 1.44 bits per heavy atom. The average molecular weight is 215 g/mol. The molecule has 3 heteroatoms. The first-order chi connectivity index (χ1) is 7.79. The van der Waals surface area contributed by atoms with Crippen molar-refractivity contribution >= 4 is 16.9 Å². The van der Waals surface area contributed by atoms with Crippen molar-refractivity contribution in [2.45, 2.75) is 19.4 Å². The fourth-order valence-corrected chi connectivity index (χ4v) is 2.49. The zero-order valence-electron chi connectivity index (χ0n) is 9.19. The number of hydrogen-bond donors (Lipinski definition) is 0. The van der Waals surface area contributed by atoms with E-state index in [2.05, 4.69) is 16.8 Å². The average Bonchev–Trinajstić information content (AvgIpc) is 2.73. The molecular weight excluding hydrogens is 202 g/mol. The lowest BCUT2D eigenvalue weighted by Gasteiger charge is -2.16. The Bertz CT molecular complexity index is 569. The molecule has 0 unspecified atom stereocenters. The summed E-state index contributed by atoms with van der Waals surface area (Å²) in [6.07, 6.45) is 4.28. The summed E-state index contributed by atoms with van der Waals surface area (Å²) in [5, 5.41) is 1.14. The van der Waals surface area contributed by atoms with Crippen LogP contribution in [0.15, 0.2) is 24.4 Å². The number of hydrogen-bond acceptors (Lipinski definition) is 2. The molecule has 0 saturated carbocycles. The molecule has 0 aliphatic carbocycles. The number of rotatable bonds is 1. The van der Waals surface area contributed by atoms with Gasteiger partial charge in [0.15, 0.2) is 0 Å². The van der Waals surface area contributed by atoms with Crippen LogP contribution in [0.4, 0.5) is 0 Å². The number of aromatic nitrogens is 1. The van der Waals surface area contributed by atoms with Crippen LogP contribution >= 0.6 is 0 Å². The van der Waals surface area contributed by atoms with Gasteiger partial charge in [0.05, 0.1) is 18.2 Å². The van der Waals surface area contributed by atoms with Crippen LogP contribution in [0.2, 0.25) is 0 Å². The summed E-state index contributed by atoms with van der Waals surface area (Å²) in [7, 11) is 1.42. The van der Waals surface area contributed by atoms with Crippen molar-refractivity contribution in [1.29, 1.82) is 0 Å². The van der Waals surface area contributed by atoms with E-state index in [1.54, 1.807) is 0 Å². The lowest BCUT2D eigenvalue weighted by atomic mass is 10.0. The smallest absolute Gasteiger partial charge is 0.337 e. The maximum Gasteiger partial charge on any atom is 0.337 e. The molecule has 2 aromatic rings. The topological polar surface area (TPSA) is 31.2 Å². The molecule has 0 saturated heterocycles. The summed E-state index contributed by atoms with van der Waals surface area (Å²) in [6.45, 7) is 1.08. The van der Waals surface area contributed by atoms with E-state index in [0.29, 0.717) is 5.56 Å². The zero-order valence-corrected chi connectivity index (χ0v) is 9.19. The third-order valence-electron chi connectivity index (χ3n) is 3.21. The van der Waals surface area contributed by atoms with Crippen molar-refractivity contribution in [2.24, 2.45) is 0 Å². The van der Waals surface area contributed by atoms with Crippen molar-refractivity contribution in [2.75, 3.05) is 7.11 Å². The Labute approximate surface area is 93.6 Å². The maximum absolute atomic E-state index is 11.5. The number of esters is 1. The quantitative estimate of drug-likeness (QED) is 0.684. The fraction of sp³-hybridized carbons (Fsp3) is 0.308. The molecule has 3 nitrogen and oxygen atoms in total. The molecule has 0 radical (unpaired) electrons. The summed E-state index contributed by atoms with van der Waals surface area (Å²) in [4.78, 5) is 11.5. The van der Waals surface area contributed by atoms with Crippen molar-refractivity contribution in [3.63, 3.8) is 0 Å². The highest BCUT2D eigenvalue weighted by atomic mass is 16.5. The van der Waals surface area contributed by atoms with Crippen LogP contribution in [0, 0.1) is 0 Å². The van der Waals surface area contributed by atoms with Gasteiger partial charge in [-0.2, -0.15) is 0 Å². The highest BCUT2D eigenvalue weighted by Gasteiger charge is 2.16. The molecule has 1 aliphatic heterocycles. The van der Waals surface area contributed by atoms with Gasteiger partial charge in [-0.15, -0.1) is 0 Å². The Morgan fingerprint density at radius 3 is 3.12 bits per heavy atom. The van der Waals surface area contributed by atoms with Crippen LogP contribution in [0.3, 0.4) is 0 Å². The van der Waals surface area contributed by atoms with Crippen molar-refractivity contribution in [3.05, 3.63) is 35.5 Å². The summed E-state index contributed by atoms with van der Waals surface area (Å²) in [5.41, 5.74) is 3.19. The van der Waals surface area contributed by atoms with Gasteiger partial charge in [0.1, 0.15) is 0 Å². The van der Waals surface area contributed by atoms with E-state index in [-0.39, 0.29) is 5.97 Å². The maximum atomic E-state index is 11.5. The number of ether oxygens (including phenoxy) is 1. The van der Waals surface area contributed by atoms with Crippen molar-refractivity contribution in [3.8, 4) is 0 Å². The Hall–Kier alpha value is -1.77. The molecule has 82 valence electrons. The third-order valence-corrected chi connectivity index (χ3v) is 3.21. The van der Waals surface area contributed by atoms with E-state index < -0.39 is 0 Å². The molecule has 3 rings (SSSR count). The molecule has 0 N–H and O–H groups in total. The summed E-state index contributed by atoms with van der Waals surface area (Å²) in [6, 6.07) is 5.94. The highest BCUT2D eigenvalue weighted by Crippen LogP contribution is 2.27. The van der Waals surface area contributed by atoms with Gasteiger partial charge >= 0.3 is 5.97 Å². The SMILES string of the molecule is COC(=O)c1cc2c3c(ccn3CCC2)c1. The lowest BCUT2D eigenvalue weighted by molar-refractivity contribution is 0.0601. The first-order valence-electron chi connectivity index (χ1n) is 5.49. The minimum atomic E-state index is -0.253. The molecular formula is C13H13NO2. The number of carbonyl (C=O) groups excluding carboxylic acids is 1. The van der Waals surface area contributed by atoms with Gasteiger partial charge in [-0.05, 0) is 36.6 Å². The second-order valence-corrected chi connectivity index (χ2v) is 4.18. The molecule has 0 amide bonds. The monoisotopic (exact) mass is 215 g/mol. The van der Waals surface area contributed by atoms with E-state index in [4.69, 9.17) is 4.74 Å². The zero-order chi connectivity index (χ0) is 11.1. The summed E-state index contributed by atoms with van der Waals surface area (Å²) >= 11 is 0. The number of aryl methyl sites for hydroxylation is 2. The Morgan fingerprint density at radius 2 is 2.31 bits per heavy atom. The molecule has 0 atom stereocenters. The van der Waals surface area contributed by atoms with Gasteiger partial charge in [-0.25, -0.2) is 4.79 Å². The molecule has 0 fully saturated rings. The lowest BCUT2D eigenvalue weighted by Crippen LogP contribution is -2.08. The first-order valence-corrected chi connectivity index (χ1v) is 5.49. The standard InChI is InChI=1S/C13H13NO2/c1-16-13(15)11-7-9-3-2-5-14-6-4-10(8-11)12(9)14/h4,6-8H,2-3,5H2,1H3. The van der Waals surface area contributed by atoms with Gasteiger partial charge in [-0.1, -0.05) is 0 Å². The first kappa shape index (κ1) is 9.46. The molecule has 0 spiro atoms. The van der Waals surface area contributed by atoms with Gasteiger partial charge < -0.3 is 9.30 Å². The van der Waals surface area contributed by atoms with Gasteiger partial charge in [-0.3, -0.25) is 0 Å². The van der Waals surface area contributed by atoms with Gasteiger partial charge in [0, 0.05) is 18.1 Å². The van der Waals surface area contributed by atoms with E-state index in [0.717, 1.165) is 24.8 Å². The van der Waals surface area contributed by atoms with Crippen molar-refractivity contribution in [1.82, 2.24) is 4.57 Å². The number of carbonyl (C=O) groups is 1. The van der Waals surface area contributed by atoms with E-state index in [1.165, 1.54) is 18.2 Å². The van der Waals surface area contributed by atoms with Crippen LogP contribution in [0.25, 0.3) is 10.9 Å². The number of nitrogens with zero attached hydrogens (tertiary/aromatic N) is 1. The van der Waals surface area contributed by atoms with Gasteiger partial charge in [0.25, 0.3) is 0 Å². The predicted octanol–water partition coefficient (Wildman–Crippen LogP) is 2.37. The van der Waals surface area contributed by atoms with E-state index in [9.17, 15) is 4.79 Å². The Kier molecular flexibility index (Phi) is 1.99. The Balaban J connectivity index is 2.26. The van der Waals surface area contributed by atoms with Crippen LogP contribution in [0.1, 0.15) is 22.3 Å². The van der Waals surface area contributed by atoms with E-state index >= 15 is 0 Å². The van der Waals surface area contributed by atoms with Crippen LogP contribution < -0.4 is 0 Å². The minimum Gasteiger partial charge on any atom is -0.465 e.